The molecule has 0 bridgehead atoms. The second-order valence-corrected chi connectivity index (χ2v) is 6.74. The summed E-state index contributed by atoms with van der Waals surface area (Å²) < 4.78 is 5.81. The highest BCUT2D eigenvalue weighted by Crippen LogP contribution is 2.52. The van der Waals surface area contributed by atoms with Crippen molar-refractivity contribution in [2.75, 3.05) is 0 Å². The van der Waals surface area contributed by atoms with Gasteiger partial charge in [-0.3, -0.25) is 4.79 Å². The highest BCUT2D eigenvalue weighted by Gasteiger charge is 2.47. The van der Waals surface area contributed by atoms with Gasteiger partial charge < -0.3 is 4.43 Å². The number of rotatable bonds is 3. The van der Waals surface area contributed by atoms with E-state index in [-0.39, 0.29) is 23.2 Å². The maximum absolute atomic E-state index is 12.2. The van der Waals surface area contributed by atoms with Gasteiger partial charge in [-0.25, -0.2) is 0 Å². The summed E-state index contributed by atoms with van der Waals surface area (Å²) in [6.45, 7) is 10.5. The molecular weight excluding hydrogens is 252 g/mol. The van der Waals surface area contributed by atoms with Crippen LogP contribution in [0.1, 0.15) is 40.0 Å². The minimum absolute atomic E-state index is 0.0165. The van der Waals surface area contributed by atoms with Crippen molar-refractivity contribution in [2.24, 2.45) is 17.3 Å². The Balaban J connectivity index is 2.34. The molecule has 0 aliphatic heterocycles. The molecule has 1 fully saturated rings. The first kappa shape index (κ1) is 14.4. The van der Waals surface area contributed by atoms with E-state index in [1.165, 1.54) is 5.57 Å². The summed E-state index contributed by atoms with van der Waals surface area (Å²) in [5.74, 6) is 0.652. The minimum atomic E-state index is -0.0165. The van der Waals surface area contributed by atoms with Crippen LogP contribution in [0.3, 0.4) is 0 Å². The normalized spacial score (nSPS) is 38.2. The fraction of sp³-hybridized carbons (Fsp3) is 0.625. The summed E-state index contributed by atoms with van der Waals surface area (Å²) in [6.07, 6.45) is 8.85. The summed E-state index contributed by atoms with van der Waals surface area (Å²) >= 11 is 0. The van der Waals surface area contributed by atoms with Crippen LogP contribution in [0.2, 0.25) is 0 Å². The van der Waals surface area contributed by atoms with Crippen LogP contribution in [0, 0.1) is 17.3 Å². The Morgan fingerprint density at radius 2 is 2.26 bits per heavy atom. The van der Waals surface area contributed by atoms with Crippen molar-refractivity contribution in [1.82, 2.24) is 0 Å². The van der Waals surface area contributed by atoms with Gasteiger partial charge >= 0.3 is 0 Å². The molecule has 4 atom stereocenters. The zero-order valence-electron chi connectivity index (χ0n) is 12.2. The van der Waals surface area contributed by atoms with E-state index >= 15 is 0 Å². The van der Waals surface area contributed by atoms with E-state index in [1.807, 2.05) is 13.0 Å². The molecule has 3 heteroatoms. The van der Waals surface area contributed by atoms with Crippen LogP contribution < -0.4 is 0 Å². The van der Waals surface area contributed by atoms with Crippen molar-refractivity contribution in [3.05, 3.63) is 23.8 Å². The average molecular weight is 275 g/mol. The Kier molecular flexibility index (Phi) is 3.95. The van der Waals surface area contributed by atoms with Crippen molar-refractivity contribution in [1.29, 1.82) is 0 Å². The lowest BCUT2D eigenvalue weighted by molar-refractivity contribution is -0.119. The highest BCUT2D eigenvalue weighted by molar-refractivity contribution is 6.33. The highest BCUT2D eigenvalue weighted by atomic mass is 28.2. The monoisotopic (exact) mass is 275 g/mol. The summed E-state index contributed by atoms with van der Waals surface area (Å²) in [7, 11) is 0.293. The molecule has 4 unspecified atom stereocenters. The molecule has 2 nitrogen and oxygen atoms in total. The SMILES string of the molecule is C=[Si]OC1CCC2=CC(=O)C(C(=C)C)CC2(C)C1C. The Morgan fingerprint density at radius 1 is 1.58 bits per heavy atom. The number of fused-ring (bicyclic) bond motifs is 1. The Morgan fingerprint density at radius 3 is 2.84 bits per heavy atom. The van der Waals surface area contributed by atoms with Crippen LogP contribution in [0.4, 0.5) is 0 Å². The summed E-state index contributed by atoms with van der Waals surface area (Å²) in [5, 5.41) is 0. The van der Waals surface area contributed by atoms with Crippen LogP contribution in [-0.2, 0) is 9.22 Å². The van der Waals surface area contributed by atoms with Crippen molar-refractivity contribution in [3.8, 4) is 0 Å². The van der Waals surface area contributed by atoms with Gasteiger partial charge in [-0.05, 0) is 37.7 Å². The van der Waals surface area contributed by atoms with Gasteiger partial charge in [0, 0.05) is 11.8 Å². The third kappa shape index (κ3) is 2.40. The minimum Gasteiger partial charge on any atom is -0.545 e. The summed E-state index contributed by atoms with van der Waals surface area (Å²) in [6, 6.07) is 0. The third-order valence-corrected chi connectivity index (χ3v) is 5.58. The number of carbonyl (C=O) groups is 1. The smallest absolute Gasteiger partial charge is 0.273 e. The quantitative estimate of drug-likeness (QED) is 0.585. The number of ketones is 1. The van der Waals surface area contributed by atoms with E-state index in [9.17, 15) is 4.79 Å². The average Bonchev–Trinajstić information content (AvgIpc) is 2.35. The molecule has 2 aliphatic rings. The van der Waals surface area contributed by atoms with Gasteiger partial charge in [-0.15, -0.1) is 0 Å². The fourth-order valence-corrected chi connectivity index (χ4v) is 4.11. The fourth-order valence-electron chi connectivity index (χ4n) is 3.57. The van der Waals surface area contributed by atoms with Crippen molar-refractivity contribution < 1.29 is 9.22 Å². The van der Waals surface area contributed by atoms with E-state index < -0.39 is 0 Å². The Labute approximate surface area is 118 Å². The first-order valence-electron chi connectivity index (χ1n) is 6.98. The molecule has 0 spiro atoms. The van der Waals surface area contributed by atoms with Gasteiger partial charge in [0.2, 0.25) is 0 Å². The van der Waals surface area contributed by atoms with E-state index in [1.54, 1.807) is 0 Å². The molecule has 0 amide bonds. The van der Waals surface area contributed by atoms with Gasteiger partial charge in [0.25, 0.3) is 9.38 Å². The molecular formula is C16H23O2Si. The van der Waals surface area contributed by atoms with E-state index in [2.05, 4.69) is 26.6 Å². The first-order chi connectivity index (χ1) is 8.90. The number of carbonyl (C=O) groups excluding carboxylic acids is 1. The molecule has 0 aromatic carbocycles. The van der Waals surface area contributed by atoms with Crippen LogP contribution in [0.25, 0.3) is 0 Å². The predicted octanol–water partition coefficient (Wildman–Crippen LogP) is 2.95. The number of hydrogen-bond donors (Lipinski definition) is 0. The van der Waals surface area contributed by atoms with Crippen LogP contribution in [-0.4, -0.2) is 27.4 Å². The maximum Gasteiger partial charge on any atom is 0.273 e. The Bertz CT molecular complexity index is 452. The van der Waals surface area contributed by atoms with Gasteiger partial charge in [0.1, 0.15) is 0 Å². The lowest BCUT2D eigenvalue weighted by Gasteiger charge is -2.49. The molecule has 2 rings (SSSR count). The Hall–Kier alpha value is -0.963. The molecule has 0 heterocycles. The molecule has 0 aromatic heterocycles. The van der Waals surface area contributed by atoms with Crippen molar-refractivity contribution >= 4 is 21.3 Å². The molecule has 0 N–H and O–H groups in total. The van der Waals surface area contributed by atoms with Crippen LogP contribution in [0.5, 0.6) is 0 Å². The molecule has 1 saturated carbocycles. The number of allylic oxidation sites excluding steroid dienone is 3. The van der Waals surface area contributed by atoms with Gasteiger partial charge in [0.05, 0.1) is 6.10 Å². The lowest BCUT2D eigenvalue weighted by Crippen LogP contribution is -2.45. The zero-order valence-corrected chi connectivity index (χ0v) is 13.2. The summed E-state index contributed by atoms with van der Waals surface area (Å²) in [4.78, 5) is 12.2. The van der Waals surface area contributed by atoms with E-state index in [0.29, 0.717) is 15.3 Å². The van der Waals surface area contributed by atoms with Crippen molar-refractivity contribution in [3.63, 3.8) is 0 Å². The topological polar surface area (TPSA) is 26.3 Å². The van der Waals surface area contributed by atoms with Gasteiger partial charge in [-0.2, -0.15) is 0 Å². The van der Waals surface area contributed by atoms with Crippen LogP contribution >= 0.6 is 0 Å². The van der Waals surface area contributed by atoms with Crippen LogP contribution in [0.15, 0.2) is 23.8 Å². The molecule has 103 valence electrons. The van der Waals surface area contributed by atoms with Gasteiger partial charge in [-0.1, -0.05) is 37.7 Å². The first-order valence-corrected chi connectivity index (χ1v) is 8.09. The number of hydrogen-bond acceptors (Lipinski definition) is 2. The standard InChI is InChI=1S/C16H23O2Si/c1-10(2)13-9-16(4)11(3)15(18-19-5)7-6-12(16)8-14(13)17/h8,11,13,15H,1,5-7,9H2,2-4H3. The second-order valence-electron chi connectivity index (χ2n) is 6.22. The molecule has 19 heavy (non-hydrogen) atoms. The predicted molar refractivity (Wildman–Crippen MR) is 80.3 cm³/mol. The van der Waals surface area contributed by atoms with Crippen molar-refractivity contribution in [2.45, 2.75) is 46.1 Å². The third-order valence-electron chi connectivity index (χ3n) is 5.11. The maximum atomic E-state index is 12.2. The second kappa shape index (κ2) is 5.20. The lowest BCUT2D eigenvalue weighted by atomic mass is 9.57. The largest absolute Gasteiger partial charge is 0.545 e. The molecule has 0 aromatic rings. The van der Waals surface area contributed by atoms with Gasteiger partial charge in [0.15, 0.2) is 5.78 Å². The zero-order chi connectivity index (χ0) is 14.2. The molecule has 1 radical (unpaired) electrons. The van der Waals surface area contributed by atoms with E-state index in [4.69, 9.17) is 4.43 Å². The van der Waals surface area contributed by atoms with E-state index in [0.717, 1.165) is 24.8 Å². The molecule has 2 aliphatic carbocycles. The summed E-state index contributed by atoms with van der Waals surface area (Å²) in [5.41, 5.74) is 2.37. The molecule has 0 saturated heterocycles.